The molecule has 1 saturated heterocycles. The Balaban J connectivity index is 1.63. The van der Waals surface area contributed by atoms with Crippen LogP contribution in [0.2, 0.25) is 0 Å². The number of anilines is 1. The highest BCUT2D eigenvalue weighted by molar-refractivity contribution is 7.12. The van der Waals surface area contributed by atoms with Crippen molar-refractivity contribution in [2.24, 2.45) is 0 Å². The zero-order valence-corrected chi connectivity index (χ0v) is 15.1. The van der Waals surface area contributed by atoms with Crippen LogP contribution in [-0.2, 0) is 4.74 Å². The van der Waals surface area contributed by atoms with Crippen molar-refractivity contribution in [1.82, 2.24) is 4.90 Å². The Kier molecular flexibility index (Phi) is 5.83. The molecule has 0 unspecified atom stereocenters. The predicted octanol–water partition coefficient (Wildman–Crippen LogP) is 3.64. The molecule has 1 aliphatic rings. The molecule has 0 radical (unpaired) electrons. The number of hydrogen-bond acceptors (Lipinski definition) is 4. The van der Waals surface area contributed by atoms with Gasteiger partial charge in [0, 0.05) is 30.9 Å². The molecule has 1 aromatic heterocycles. The van der Waals surface area contributed by atoms with E-state index in [0.29, 0.717) is 35.8 Å². The summed E-state index contributed by atoms with van der Waals surface area (Å²) in [6.07, 6.45) is 1.99. The monoisotopic (exact) mass is 358 g/mol. The Morgan fingerprint density at radius 3 is 2.72 bits per heavy atom. The molecule has 1 aromatic carbocycles. The first-order chi connectivity index (χ1) is 12.2. The molecule has 2 amide bonds. The molecule has 1 aliphatic heterocycles. The predicted molar refractivity (Wildman–Crippen MR) is 99.3 cm³/mol. The zero-order valence-electron chi connectivity index (χ0n) is 14.2. The summed E-state index contributed by atoms with van der Waals surface area (Å²) < 4.78 is 5.63. The molecule has 2 heterocycles. The van der Waals surface area contributed by atoms with Gasteiger partial charge in [0.1, 0.15) is 0 Å². The van der Waals surface area contributed by atoms with Crippen LogP contribution in [0.3, 0.4) is 0 Å². The fraction of sp³-hybridized carbons (Fsp3) is 0.368. The molecular weight excluding hydrogens is 336 g/mol. The van der Waals surface area contributed by atoms with Crippen LogP contribution < -0.4 is 5.32 Å². The molecule has 0 atom stereocenters. The minimum absolute atomic E-state index is 0.00201. The molecule has 5 nitrogen and oxygen atoms in total. The average Bonchev–Trinajstić information content (AvgIpc) is 3.17. The Bertz CT molecular complexity index is 722. The third kappa shape index (κ3) is 4.46. The minimum atomic E-state index is -0.155. The molecule has 25 heavy (non-hydrogen) atoms. The summed E-state index contributed by atoms with van der Waals surface area (Å²) in [5.74, 6) is -0.153. The maximum atomic E-state index is 12.7. The van der Waals surface area contributed by atoms with E-state index in [4.69, 9.17) is 4.74 Å². The molecule has 6 heteroatoms. The smallest absolute Gasteiger partial charge is 0.265 e. The maximum absolute atomic E-state index is 12.7. The SMILES string of the molecule is CCOC1CCN(C(=O)c2cccc(NC(=O)c3cccs3)c2)CC1. The normalized spacial score (nSPS) is 15.2. The number of ether oxygens (including phenoxy) is 1. The first-order valence-corrected chi connectivity index (χ1v) is 9.41. The van der Waals surface area contributed by atoms with Gasteiger partial charge in [-0.3, -0.25) is 9.59 Å². The van der Waals surface area contributed by atoms with Gasteiger partial charge >= 0.3 is 0 Å². The topological polar surface area (TPSA) is 58.6 Å². The average molecular weight is 358 g/mol. The highest BCUT2D eigenvalue weighted by atomic mass is 32.1. The number of piperidine rings is 1. The quantitative estimate of drug-likeness (QED) is 0.888. The van der Waals surface area contributed by atoms with Crippen LogP contribution in [-0.4, -0.2) is 42.5 Å². The number of benzene rings is 1. The second-order valence-corrected chi connectivity index (χ2v) is 6.91. The lowest BCUT2D eigenvalue weighted by Crippen LogP contribution is -2.40. The van der Waals surface area contributed by atoms with Crippen molar-refractivity contribution in [2.45, 2.75) is 25.9 Å². The second kappa shape index (κ2) is 8.27. The van der Waals surface area contributed by atoms with Crippen molar-refractivity contribution in [3.63, 3.8) is 0 Å². The third-order valence-electron chi connectivity index (χ3n) is 4.24. The number of carbonyl (C=O) groups is 2. The van der Waals surface area contributed by atoms with Gasteiger partial charge in [-0.2, -0.15) is 0 Å². The first-order valence-electron chi connectivity index (χ1n) is 8.53. The number of nitrogens with zero attached hydrogens (tertiary/aromatic N) is 1. The third-order valence-corrected chi connectivity index (χ3v) is 5.11. The van der Waals surface area contributed by atoms with Crippen molar-refractivity contribution >= 4 is 28.8 Å². The molecule has 1 fully saturated rings. The van der Waals surface area contributed by atoms with E-state index in [1.165, 1.54) is 11.3 Å². The van der Waals surface area contributed by atoms with E-state index >= 15 is 0 Å². The van der Waals surface area contributed by atoms with Gasteiger partial charge in [-0.25, -0.2) is 0 Å². The van der Waals surface area contributed by atoms with Crippen molar-refractivity contribution in [2.75, 3.05) is 25.0 Å². The van der Waals surface area contributed by atoms with Gasteiger partial charge in [0.2, 0.25) is 0 Å². The summed E-state index contributed by atoms with van der Waals surface area (Å²) in [6.45, 7) is 4.11. The van der Waals surface area contributed by atoms with Gasteiger partial charge in [-0.05, 0) is 49.4 Å². The summed E-state index contributed by atoms with van der Waals surface area (Å²) in [4.78, 5) is 27.4. The van der Waals surface area contributed by atoms with Crippen LogP contribution in [0, 0.1) is 0 Å². The van der Waals surface area contributed by atoms with Crippen molar-refractivity contribution in [1.29, 1.82) is 0 Å². The van der Waals surface area contributed by atoms with Crippen LogP contribution in [0.1, 0.15) is 39.8 Å². The minimum Gasteiger partial charge on any atom is -0.378 e. The molecule has 0 saturated carbocycles. The van der Waals surface area contributed by atoms with Crippen LogP contribution in [0.4, 0.5) is 5.69 Å². The maximum Gasteiger partial charge on any atom is 0.265 e. The number of nitrogens with one attached hydrogen (secondary N) is 1. The highest BCUT2D eigenvalue weighted by Gasteiger charge is 2.24. The molecule has 132 valence electrons. The molecule has 2 aromatic rings. The van der Waals surface area contributed by atoms with Crippen LogP contribution in [0.5, 0.6) is 0 Å². The fourth-order valence-corrected chi connectivity index (χ4v) is 3.59. The van der Waals surface area contributed by atoms with Crippen molar-refractivity contribution in [3.05, 3.63) is 52.2 Å². The van der Waals surface area contributed by atoms with Crippen LogP contribution >= 0.6 is 11.3 Å². The molecular formula is C19H22N2O3S. The van der Waals surface area contributed by atoms with Gasteiger partial charge in [0.05, 0.1) is 11.0 Å². The number of likely N-dealkylation sites (tertiary alicyclic amines) is 1. The highest BCUT2D eigenvalue weighted by Crippen LogP contribution is 2.19. The Hall–Kier alpha value is -2.18. The number of hydrogen-bond donors (Lipinski definition) is 1. The van der Waals surface area contributed by atoms with Gasteiger partial charge in [-0.1, -0.05) is 12.1 Å². The van der Waals surface area contributed by atoms with Gasteiger partial charge < -0.3 is 15.0 Å². The number of rotatable bonds is 5. The summed E-state index contributed by atoms with van der Waals surface area (Å²) in [5.41, 5.74) is 1.23. The Labute approximate surface area is 151 Å². The fourth-order valence-electron chi connectivity index (χ4n) is 2.97. The number of thiophene rings is 1. The Morgan fingerprint density at radius 1 is 1.24 bits per heavy atom. The van der Waals surface area contributed by atoms with E-state index in [9.17, 15) is 9.59 Å². The van der Waals surface area contributed by atoms with E-state index in [1.807, 2.05) is 23.3 Å². The van der Waals surface area contributed by atoms with E-state index < -0.39 is 0 Å². The van der Waals surface area contributed by atoms with Gasteiger partial charge in [-0.15, -0.1) is 11.3 Å². The Morgan fingerprint density at radius 2 is 2.04 bits per heavy atom. The standard InChI is InChI=1S/C19H22N2O3S/c1-2-24-16-8-10-21(11-9-16)19(23)14-5-3-6-15(13-14)20-18(22)17-7-4-12-25-17/h3-7,12-13,16H,2,8-11H2,1H3,(H,20,22). The second-order valence-electron chi connectivity index (χ2n) is 5.96. The van der Waals surface area contributed by atoms with E-state index in [2.05, 4.69) is 5.32 Å². The molecule has 3 rings (SSSR count). The molecule has 0 spiro atoms. The van der Waals surface area contributed by atoms with Crippen molar-refractivity contribution < 1.29 is 14.3 Å². The van der Waals surface area contributed by atoms with E-state index in [-0.39, 0.29) is 17.9 Å². The van der Waals surface area contributed by atoms with E-state index in [1.54, 1.807) is 30.3 Å². The van der Waals surface area contributed by atoms with E-state index in [0.717, 1.165) is 12.8 Å². The zero-order chi connectivity index (χ0) is 17.6. The lowest BCUT2D eigenvalue weighted by atomic mass is 10.1. The molecule has 1 N–H and O–H groups in total. The summed E-state index contributed by atoms with van der Waals surface area (Å²) in [7, 11) is 0. The largest absolute Gasteiger partial charge is 0.378 e. The summed E-state index contributed by atoms with van der Waals surface area (Å²) >= 11 is 1.39. The molecule has 0 bridgehead atoms. The number of carbonyl (C=O) groups excluding carboxylic acids is 2. The summed E-state index contributed by atoms with van der Waals surface area (Å²) in [6, 6.07) is 10.7. The lowest BCUT2D eigenvalue weighted by molar-refractivity contribution is 0.0146. The first kappa shape index (κ1) is 17.6. The van der Waals surface area contributed by atoms with Gasteiger partial charge in [0.25, 0.3) is 11.8 Å². The van der Waals surface area contributed by atoms with Crippen molar-refractivity contribution in [3.8, 4) is 0 Å². The van der Waals surface area contributed by atoms with Gasteiger partial charge in [0.15, 0.2) is 0 Å². The van der Waals surface area contributed by atoms with Crippen LogP contribution in [0.25, 0.3) is 0 Å². The molecule has 0 aliphatic carbocycles. The number of amides is 2. The summed E-state index contributed by atoms with van der Waals surface area (Å²) in [5, 5.41) is 4.71. The van der Waals surface area contributed by atoms with Crippen LogP contribution in [0.15, 0.2) is 41.8 Å². The lowest BCUT2D eigenvalue weighted by Gasteiger charge is -2.31.